The number of amides is 1. The molecule has 5 nitrogen and oxygen atoms in total. The van der Waals surface area contributed by atoms with Crippen molar-refractivity contribution in [3.8, 4) is 0 Å². The largest absolute Gasteiger partial charge is 0.341 e. The third kappa shape index (κ3) is 4.11. The summed E-state index contributed by atoms with van der Waals surface area (Å²) in [5, 5.41) is 0.486. The molecule has 0 unspecified atom stereocenters. The number of aromatic nitrogens is 2. The number of H-pyrrole nitrogens is 1. The fourth-order valence-corrected chi connectivity index (χ4v) is 3.08. The van der Waals surface area contributed by atoms with Gasteiger partial charge in [-0.15, -0.1) is 0 Å². The zero-order valence-electron chi connectivity index (χ0n) is 14.5. The standard InChI is InChI=1S/C19H17F2N3O2S/c1-23(11-12-6-7-13(20)10-15(12)21)17(25)8-9-24-18(26)14-4-2-3-5-16(14)22-19(24)27/h2-7,10H,8-9,11H2,1H3,(H,22,27). The molecule has 3 rings (SSSR count). The molecule has 2 aromatic carbocycles. The maximum absolute atomic E-state index is 13.7. The Labute approximate surface area is 158 Å². The highest BCUT2D eigenvalue weighted by Crippen LogP contribution is 2.12. The molecule has 1 heterocycles. The number of carbonyl (C=O) groups is 1. The van der Waals surface area contributed by atoms with Crippen molar-refractivity contribution in [2.75, 3.05) is 7.05 Å². The Morgan fingerprint density at radius 3 is 2.70 bits per heavy atom. The van der Waals surface area contributed by atoms with Crippen LogP contribution in [0.4, 0.5) is 8.78 Å². The summed E-state index contributed by atoms with van der Waals surface area (Å²) in [6.45, 7) is 0.110. The van der Waals surface area contributed by atoms with Crippen LogP contribution in [-0.2, 0) is 17.9 Å². The van der Waals surface area contributed by atoms with Crippen LogP contribution in [0.15, 0.2) is 47.3 Å². The Morgan fingerprint density at radius 1 is 1.22 bits per heavy atom. The molecule has 0 spiro atoms. The third-order valence-electron chi connectivity index (χ3n) is 4.29. The van der Waals surface area contributed by atoms with Crippen LogP contribution in [0.2, 0.25) is 0 Å². The molecular weight excluding hydrogens is 372 g/mol. The Kier molecular flexibility index (Phi) is 5.46. The fourth-order valence-electron chi connectivity index (χ4n) is 2.79. The molecule has 0 atom stereocenters. The highest BCUT2D eigenvalue weighted by atomic mass is 32.1. The van der Waals surface area contributed by atoms with Gasteiger partial charge in [0.2, 0.25) is 5.91 Å². The van der Waals surface area contributed by atoms with Gasteiger partial charge in [0.05, 0.1) is 10.9 Å². The van der Waals surface area contributed by atoms with E-state index in [4.69, 9.17) is 12.2 Å². The van der Waals surface area contributed by atoms with Crippen LogP contribution < -0.4 is 5.56 Å². The molecule has 0 aliphatic carbocycles. The molecule has 0 bridgehead atoms. The minimum Gasteiger partial charge on any atom is -0.341 e. The summed E-state index contributed by atoms with van der Waals surface area (Å²) in [7, 11) is 1.52. The SMILES string of the molecule is CN(Cc1ccc(F)cc1F)C(=O)CCn1c(=S)[nH]c2ccccc2c1=O. The van der Waals surface area contributed by atoms with Gasteiger partial charge in [-0.2, -0.15) is 0 Å². The molecule has 0 fully saturated rings. The fraction of sp³-hybridized carbons (Fsp3) is 0.211. The average Bonchev–Trinajstić information content (AvgIpc) is 2.63. The van der Waals surface area contributed by atoms with Gasteiger partial charge in [-0.25, -0.2) is 8.78 Å². The lowest BCUT2D eigenvalue weighted by Gasteiger charge is -2.18. The van der Waals surface area contributed by atoms with Gasteiger partial charge in [0, 0.05) is 38.2 Å². The van der Waals surface area contributed by atoms with Crippen LogP contribution in [0.3, 0.4) is 0 Å². The van der Waals surface area contributed by atoms with Crippen molar-refractivity contribution in [3.63, 3.8) is 0 Å². The predicted molar refractivity (Wildman–Crippen MR) is 101 cm³/mol. The predicted octanol–water partition coefficient (Wildman–Crippen LogP) is 3.39. The molecule has 0 aliphatic rings. The summed E-state index contributed by atoms with van der Waals surface area (Å²) in [5.41, 5.74) is 0.584. The number of rotatable bonds is 5. The molecule has 8 heteroatoms. The minimum atomic E-state index is -0.706. The number of fused-ring (bicyclic) bond motifs is 1. The van der Waals surface area contributed by atoms with E-state index >= 15 is 0 Å². The Bertz CT molecular complexity index is 1120. The first-order valence-electron chi connectivity index (χ1n) is 8.26. The lowest BCUT2D eigenvalue weighted by molar-refractivity contribution is -0.130. The van der Waals surface area contributed by atoms with Gasteiger partial charge in [-0.3, -0.25) is 14.2 Å². The first-order chi connectivity index (χ1) is 12.9. The number of hydrogen-bond donors (Lipinski definition) is 1. The Morgan fingerprint density at radius 2 is 1.96 bits per heavy atom. The van der Waals surface area contributed by atoms with Gasteiger partial charge in [0.25, 0.3) is 5.56 Å². The zero-order valence-corrected chi connectivity index (χ0v) is 15.4. The summed E-state index contributed by atoms with van der Waals surface area (Å²) in [4.78, 5) is 29.2. The number of halogens is 2. The van der Waals surface area contributed by atoms with Crippen molar-refractivity contribution in [2.24, 2.45) is 0 Å². The zero-order chi connectivity index (χ0) is 19.6. The van der Waals surface area contributed by atoms with Gasteiger partial charge < -0.3 is 9.88 Å². The smallest absolute Gasteiger partial charge is 0.262 e. The van der Waals surface area contributed by atoms with E-state index in [0.717, 1.165) is 12.1 Å². The van der Waals surface area contributed by atoms with Gasteiger partial charge in [-0.1, -0.05) is 18.2 Å². The topological polar surface area (TPSA) is 58.1 Å². The van der Waals surface area contributed by atoms with Crippen molar-refractivity contribution in [2.45, 2.75) is 19.5 Å². The van der Waals surface area contributed by atoms with Crippen molar-refractivity contribution in [1.82, 2.24) is 14.5 Å². The maximum atomic E-state index is 13.7. The van der Waals surface area contributed by atoms with Crippen molar-refractivity contribution in [1.29, 1.82) is 0 Å². The normalized spacial score (nSPS) is 10.9. The van der Waals surface area contributed by atoms with Crippen molar-refractivity contribution < 1.29 is 13.6 Å². The van der Waals surface area contributed by atoms with Crippen LogP contribution in [0.25, 0.3) is 10.9 Å². The Hall–Kier alpha value is -2.87. The molecule has 0 saturated carbocycles. The number of nitrogens with zero attached hydrogens (tertiary/aromatic N) is 2. The van der Waals surface area contributed by atoms with E-state index in [9.17, 15) is 18.4 Å². The highest BCUT2D eigenvalue weighted by molar-refractivity contribution is 7.71. The van der Waals surface area contributed by atoms with Gasteiger partial charge >= 0.3 is 0 Å². The minimum absolute atomic E-state index is 0.00439. The second-order valence-corrected chi connectivity index (χ2v) is 6.55. The second kappa shape index (κ2) is 7.79. The molecular formula is C19H17F2N3O2S. The number of hydrogen-bond acceptors (Lipinski definition) is 3. The lowest BCUT2D eigenvalue weighted by atomic mass is 10.2. The summed E-state index contributed by atoms with van der Waals surface area (Å²) in [6.07, 6.45) is 0.0229. The van der Waals surface area contributed by atoms with E-state index in [-0.39, 0.29) is 41.3 Å². The summed E-state index contributed by atoms with van der Waals surface area (Å²) in [6, 6.07) is 10.2. The molecule has 0 radical (unpaired) electrons. The van der Waals surface area contributed by atoms with Crippen LogP contribution in [0.1, 0.15) is 12.0 Å². The molecule has 0 aliphatic heterocycles. The lowest BCUT2D eigenvalue weighted by Crippen LogP contribution is -2.30. The van der Waals surface area contributed by atoms with Crippen LogP contribution in [0, 0.1) is 16.4 Å². The monoisotopic (exact) mass is 389 g/mol. The van der Waals surface area contributed by atoms with Crippen molar-refractivity contribution in [3.05, 3.63) is 74.8 Å². The van der Waals surface area contributed by atoms with Crippen LogP contribution >= 0.6 is 12.2 Å². The summed E-state index contributed by atoms with van der Waals surface area (Å²) in [5.74, 6) is -1.66. The van der Waals surface area contributed by atoms with E-state index in [1.54, 1.807) is 24.3 Å². The maximum Gasteiger partial charge on any atom is 0.262 e. The highest BCUT2D eigenvalue weighted by Gasteiger charge is 2.14. The second-order valence-electron chi connectivity index (χ2n) is 6.17. The third-order valence-corrected chi connectivity index (χ3v) is 4.61. The van der Waals surface area contributed by atoms with E-state index in [0.29, 0.717) is 10.9 Å². The number of carbonyl (C=O) groups excluding carboxylic acids is 1. The molecule has 1 aromatic heterocycles. The first kappa shape index (κ1) is 18.9. The number of nitrogens with one attached hydrogen (secondary N) is 1. The number of para-hydroxylation sites is 1. The molecule has 27 heavy (non-hydrogen) atoms. The Balaban J connectivity index is 1.73. The van der Waals surface area contributed by atoms with E-state index in [2.05, 4.69) is 4.98 Å². The van der Waals surface area contributed by atoms with E-state index in [1.165, 1.54) is 22.6 Å². The molecule has 1 amide bonds. The summed E-state index contributed by atoms with van der Waals surface area (Å²) >= 11 is 5.22. The number of aromatic amines is 1. The molecule has 0 saturated heterocycles. The van der Waals surface area contributed by atoms with Gasteiger partial charge in [-0.05, 0) is 30.4 Å². The van der Waals surface area contributed by atoms with Crippen LogP contribution in [-0.4, -0.2) is 27.4 Å². The molecule has 3 aromatic rings. The quantitative estimate of drug-likeness (QED) is 0.681. The van der Waals surface area contributed by atoms with Crippen molar-refractivity contribution >= 4 is 29.0 Å². The molecule has 1 N–H and O–H groups in total. The molecule has 140 valence electrons. The number of benzene rings is 2. The average molecular weight is 389 g/mol. The van der Waals surface area contributed by atoms with E-state index in [1.807, 2.05) is 0 Å². The van der Waals surface area contributed by atoms with Gasteiger partial charge in [0.15, 0.2) is 4.77 Å². The first-order valence-corrected chi connectivity index (χ1v) is 8.67. The van der Waals surface area contributed by atoms with Gasteiger partial charge in [0.1, 0.15) is 11.6 Å². The van der Waals surface area contributed by atoms with Crippen LogP contribution in [0.5, 0.6) is 0 Å². The van der Waals surface area contributed by atoms with E-state index < -0.39 is 11.6 Å². The summed E-state index contributed by atoms with van der Waals surface area (Å²) < 4.78 is 28.3.